The molecule has 33 heavy (non-hydrogen) atoms. The molecule has 0 bridgehead atoms. The zero-order valence-corrected chi connectivity index (χ0v) is 19.6. The minimum absolute atomic E-state index is 0.0733. The van der Waals surface area contributed by atoms with Crippen molar-refractivity contribution in [2.45, 2.75) is 39.2 Å². The number of rotatable bonds is 8. The Morgan fingerprint density at radius 1 is 1.03 bits per heavy atom. The van der Waals surface area contributed by atoms with Crippen LogP contribution >= 0.6 is 0 Å². The maximum absolute atomic E-state index is 12.8. The summed E-state index contributed by atoms with van der Waals surface area (Å²) in [6.45, 7) is 4.67. The van der Waals surface area contributed by atoms with Gasteiger partial charge in [0.1, 0.15) is 12.7 Å². The molecule has 1 aliphatic carbocycles. The summed E-state index contributed by atoms with van der Waals surface area (Å²) in [6, 6.07) is 9.43. The number of carbonyl (C=O) groups excluding carboxylic acids is 2. The van der Waals surface area contributed by atoms with E-state index in [0.29, 0.717) is 49.7 Å². The lowest BCUT2D eigenvalue weighted by molar-refractivity contribution is -0.161. The van der Waals surface area contributed by atoms with E-state index in [4.69, 9.17) is 23.7 Å². The van der Waals surface area contributed by atoms with Crippen LogP contribution in [0.25, 0.3) is 11.1 Å². The highest BCUT2D eigenvalue weighted by molar-refractivity contribution is 6.02. The number of ketones is 1. The van der Waals surface area contributed by atoms with Gasteiger partial charge in [-0.15, -0.1) is 0 Å². The van der Waals surface area contributed by atoms with Gasteiger partial charge in [-0.1, -0.05) is 18.2 Å². The minimum atomic E-state index is -0.900. The van der Waals surface area contributed by atoms with E-state index < -0.39 is 5.41 Å². The number of hydrogen-bond acceptors (Lipinski definition) is 7. The van der Waals surface area contributed by atoms with E-state index in [0.717, 1.165) is 22.3 Å². The van der Waals surface area contributed by atoms with Gasteiger partial charge < -0.3 is 23.7 Å². The second kappa shape index (κ2) is 9.43. The summed E-state index contributed by atoms with van der Waals surface area (Å²) >= 11 is 0. The van der Waals surface area contributed by atoms with Gasteiger partial charge in [0, 0.05) is 24.0 Å². The summed E-state index contributed by atoms with van der Waals surface area (Å²) in [4.78, 5) is 25.1. The van der Waals surface area contributed by atoms with E-state index in [1.807, 2.05) is 30.3 Å². The lowest BCUT2D eigenvalue weighted by Gasteiger charge is -2.26. The molecule has 1 atom stereocenters. The number of carbonyl (C=O) groups is 2. The second-order valence-electron chi connectivity index (χ2n) is 9.00. The first-order chi connectivity index (χ1) is 15.9. The molecule has 0 saturated carbocycles. The molecular formula is C26H30O7. The third-order valence-electron chi connectivity index (χ3n) is 6.16. The van der Waals surface area contributed by atoms with Crippen molar-refractivity contribution < 1.29 is 33.3 Å². The van der Waals surface area contributed by atoms with E-state index in [9.17, 15) is 9.59 Å². The molecule has 0 amide bonds. The van der Waals surface area contributed by atoms with E-state index in [1.54, 1.807) is 28.1 Å². The summed E-state index contributed by atoms with van der Waals surface area (Å²) in [6.07, 6.45) is 1.66. The van der Waals surface area contributed by atoms with Crippen LogP contribution < -0.4 is 14.2 Å². The SMILES string of the molecule is COc1ccc(-c2cccc3c2CCC3=O)c(OCC(C)(C)C(=O)O[C@H]2CCOC2)c1OC. The number of fused-ring (bicyclic) bond motifs is 1. The molecule has 0 radical (unpaired) electrons. The summed E-state index contributed by atoms with van der Waals surface area (Å²) < 4.78 is 28.3. The number of Topliss-reactive ketones (excluding diaryl/α,β-unsaturated/α-hetero) is 1. The molecule has 2 aromatic rings. The fourth-order valence-electron chi connectivity index (χ4n) is 4.23. The zero-order chi connectivity index (χ0) is 23.6. The lowest BCUT2D eigenvalue weighted by atomic mass is 9.94. The average Bonchev–Trinajstić information content (AvgIpc) is 3.46. The van der Waals surface area contributed by atoms with Crippen molar-refractivity contribution in [3.63, 3.8) is 0 Å². The number of ether oxygens (including phenoxy) is 5. The first-order valence-corrected chi connectivity index (χ1v) is 11.2. The van der Waals surface area contributed by atoms with Crippen LogP contribution in [-0.4, -0.2) is 51.9 Å². The molecule has 4 rings (SSSR count). The highest BCUT2D eigenvalue weighted by Gasteiger charge is 2.35. The molecule has 1 fully saturated rings. The largest absolute Gasteiger partial charge is 0.493 e. The van der Waals surface area contributed by atoms with Crippen molar-refractivity contribution in [2.75, 3.05) is 34.0 Å². The third-order valence-corrected chi connectivity index (χ3v) is 6.16. The van der Waals surface area contributed by atoms with Gasteiger partial charge >= 0.3 is 5.97 Å². The number of benzene rings is 2. The van der Waals surface area contributed by atoms with Gasteiger partial charge in [0.15, 0.2) is 17.3 Å². The van der Waals surface area contributed by atoms with Crippen LogP contribution in [0.5, 0.6) is 17.2 Å². The Labute approximate surface area is 193 Å². The van der Waals surface area contributed by atoms with Crippen LogP contribution in [0.2, 0.25) is 0 Å². The van der Waals surface area contributed by atoms with Gasteiger partial charge in [-0.25, -0.2) is 0 Å². The third kappa shape index (κ3) is 4.55. The first kappa shape index (κ1) is 23.1. The Morgan fingerprint density at radius 3 is 2.52 bits per heavy atom. The fourth-order valence-corrected chi connectivity index (χ4v) is 4.23. The van der Waals surface area contributed by atoms with Gasteiger partial charge in [-0.05, 0) is 43.5 Å². The standard InChI is InChI=1S/C26H30O7/c1-26(2,25(28)33-16-12-13-31-14-16)15-32-23-20(9-11-22(29-3)24(23)30-4)17-6-5-7-19-18(17)8-10-21(19)27/h5-7,9,11,16H,8,10,12-15H2,1-4H3/t16-/m0/s1. The van der Waals surface area contributed by atoms with Gasteiger partial charge in [0.25, 0.3) is 0 Å². The zero-order valence-electron chi connectivity index (χ0n) is 19.6. The van der Waals surface area contributed by atoms with E-state index in [1.165, 1.54) is 0 Å². The fraction of sp³-hybridized carbons (Fsp3) is 0.462. The molecule has 176 valence electrons. The van der Waals surface area contributed by atoms with Crippen molar-refractivity contribution in [3.05, 3.63) is 41.5 Å². The normalized spacial score (nSPS) is 17.6. The molecule has 7 heteroatoms. The number of esters is 1. The Balaban J connectivity index is 1.67. The van der Waals surface area contributed by atoms with E-state index in [2.05, 4.69) is 0 Å². The van der Waals surface area contributed by atoms with Crippen molar-refractivity contribution >= 4 is 11.8 Å². The summed E-state index contributed by atoms with van der Waals surface area (Å²) in [5, 5.41) is 0. The Bertz CT molecular complexity index is 1050. The Hall–Kier alpha value is -3.06. The number of hydrogen-bond donors (Lipinski definition) is 0. The lowest BCUT2D eigenvalue weighted by Crippen LogP contribution is -2.35. The molecule has 0 N–H and O–H groups in total. The average molecular weight is 455 g/mol. The van der Waals surface area contributed by atoms with Crippen molar-refractivity contribution in [1.82, 2.24) is 0 Å². The molecule has 0 aromatic heterocycles. The topological polar surface area (TPSA) is 80.3 Å². The van der Waals surface area contributed by atoms with Crippen LogP contribution in [-0.2, 0) is 20.7 Å². The van der Waals surface area contributed by atoms with Crippen molar-refractivity contribution in [1.29, 1.82) is 0 Å². The quantitative estimate of drug-likeness (QED) is 0.552. The highest BCUT2D eigenvalue weighted by Crippen LogP contribution is 2.47. The van der Waals surface area contributed by atoms with Gasteiger partial charge in [-0.2, -0.15) is 0 Å². The van der Waals surface area contributed by atoms with Crippen LogP contribution in [0, 0.1) is 5.41 Å². The summed E-state index contributed by atoms with van der Waals surface area (Å²) in [5.74, 6) is 1.23. The predicted molar refractivity (Wildman–Crippen MR) is 122 cm³/mol. The van der Waals surface area contributed by atoms with Gasteiger partial charge in [0.2, 0.25) is 5.75 Å². The maximum Gasteiger partial charge on any atom is 0.315 e. The van der Waals surface area contributed by atoms with E-state index in [-0.39, 0.29) is 24.5 Å². The van der Waals surface area contributed by atoms with Crippen LogP contribution in [0.15, 0.2) is 30.3 Å². The molecule has 0 unspecified atom stereocenters. The van der Waals surface area contributed by atoms with Crippen LogP contribution in [0.3, 0.4) is 0 Å². The maximum atomic E-state index is 12.8. The molecule has 2 aromatic carbocycles. The van der Waals surface area contributed by atoms with Gasteiger partial charge in [0.05, 0.1) is 32.8 Å². The highest BCUT2D eigenvalue weighted by atomic mass is 16.6. The monoisotopic (exact) mass is 454 g/mol. The first-order valence-electron chi connectivity index (χ1n) is 11.2. The molecule has 7 nitrogen and oxygen atoms in total. The summed E-state index contributed by atoms with van der Waals surface area (Å²) in [7, 11) is 3.11. The van der Waals surface area contributed by atoms with Crippen LogP contribution in [0.1, 0.15) is 42.6 Å². The van der Waals surface area contributed by atoms with Crippen molar-refractivity contribution in [2.24, 2.45) is 5.41 Å². The molecule has 2 aliphatic rings. The predicted octanol–water partition coefficient (Wildman–Crippen LogP) is 4.24. The Morgan fingerprint density at radius 2 is 1.82 bits per heavy atom. The molecular weight excluding hydrogens is 424 g/mol. The van der Waals surface area contributed by atoms with Gasteiger partial charge in [-0.3, -0.25) is 9.59 Å². The van der Waals surface area contributed by atoms with Crippen LogP contribution in [0.4, 0.5) is 0 Å². The molecule has 1 heterocycles. The summed E-state index contributed by atoms with van der Waals surface area (Å²) in [5.41, 5.74) is 2.54. The molecule has 1 aliphatic heterocycles. The molecule has 0 spiro atoms. The smallest absolute Gasteiger partial charge is 0.315 e. The second-order valence-corrected chi connectivity index (χ2v) is 9.00. The minimum Gasteiger partial charge on any atom is -0.493 e. The number of methoxy groups -OCH3 is 2. The molecule has 1 saturated heterocycles. The van der Waals surface area contributed by atoms with E-state index >= 15 is 0 Å². The van der Waals surface area contributed by atoms with Crippen molar-refractivity contribution in [3.8, 4) is 28.4 Å². The Kier molecular flexibility index (Phi) is 6.61.